The van der Waals surface area contributed by atoms with Crippen LogP contribution in [0, 0.1) is 17.5 Å². The molecule has 0 saturated heterocycles. The molecule has 0 bridgehead atoms. The largest absolute Gasteiger partial charge is 0.279 e. The van der Waals surface area contributed by atoms with E-state index in [4.69, 9.17) is 0 Å². The Morgan fingerprint density at radius 2 is 1.93 bits per heavy atom. The Kier molecular flexibility index (Phi) is 1.99. The lowest BCUT2D eigenvalue weighted by Gasteiger charge is -1.98. The molecule has 2 rings (SSSR count). The van der Waals surface area contributed by atoms with Crippen molar-refractivity contribution in [2.45, 2.75) is 0 Å². The van der Waals surface area contributed by atoms with Gasteiger partial charge in [0.1, 0.15) is 0 Å². The molecular weight excluding hydrogens is 215 g/mol. The lowest BCUT2D eigenvalue weighted by molar-refractivity contribution is 0.454. The van der Waals surface area contributed by atoms with Crippen molar-refractivity contribution < 1.29 is 13.2 Å². The van der Waals surface area contributed by atoms with Crippen LogP contribution < -0.4 is 5.56 Å². The predicted molar refractivity (Wildman–Crippen MR) is 45.8 cm³/mol. The van der Waals surface area contributed by atoms with Gasteiger partial charge in [-0.2, -0.15) is 0 Å². The summed E-state index contributed by atoms with van der Waals surface area (Å²) in [6.45, 7) is 0. The van der Waals surface area contributed by atoms with Crippen molar-refractivity contribution >= 4 is 21.4 Å². The number of rotatable bonds is 0. The highest BCUT2D eigenvalue weighted by Gasteiger charge is 2.15. The molecule has 0 atom stereocenters. The average molecular weight is 217 g/mol. The molecule has 0 N–H and O–H groups in total. The van der Waals surface area contributed by atoms with Crippen LogP contribution in [0.15, 0.2) is 16.4 Å². The topological polar surface area (TPSA) is 30.0 Å². The zero-order valence-corrected chi connectivity index (χ0v) is 7.37. The summed E-state index contributed by atoms with van der Waals surface area (Å²) in [5, 5.41) is -0.242. The number of halogens is 3. The maximum atomic E-state index is 13.1. The van der Waals surface area contributed by atoms with E-state index in [0.717, 1.165) is 16.8 Å². The summed E-state index contributed by atoms with van der Waals surface area (Å²) < 4.78 is 38.3. The van der Waals surface area contributed by atoms with Gasteiger partial charge in [0.15, 0.2) is 17.5 Å². The molecule has 14 heavy (non-hydrogen) atoms. The maximum Gasteiger partial charge on any atom is 0.279 e. The van der Waals surface area contributed by atoms with Crippen molar-refractivity contribution in [2.24, 2.45) is 0 Å². The Morgan fingerprint density at radius 3 is 2.64 bits per heavy atom. The summed E-state index contributed by atoms with van der Waals surface area (Å²) in [4.78, 5) is 14.4. The fraction of sp³-hybridized carbons (Fsp3) is 0. The van der Waals surface area contributed by atoms with Gasteiger partial charge in [0.25, 0.3) is 5.56 Å². The van der Waals surface area contributed by atoms with Gasteiger partial charge in [0.05, 0.1) is 15.6 Å². The number of hydrogen-bond acceptors (Lipinski definition) is 3. The highest BCUT2D eigenvalue weighted by molar-refractivity contribution is 7.16. The molecule has 0 aliphatic carbocycles. The minimum atomic E-state index is -1.57. The average Bonchev–Trinajstić information content (AvgIpc) is 2.17. The van der Waals surface area contributed by atoms with Gasteiger partial charge in [-0.25, -0.2) is 18.2 Å². The van der Waals surface area contributed by atoms with Gasteiger partial charge in [-0.3, -0.25) is 4.79 Å². The second kappa shape index (κ2) is 3.06. The van der Waals surface area contributed by atoms with Crippen molar-refractivity contribution in [2.75, 3.05) is 0 Å². The molecule has 1 aromatic carbocycles. The first-order valence-electron chi connectivity index (χ1n) is 3.52. The number of fused-ring (bicyclic) bond motifs is 1. The van der Waals surface area contributed by atoms with E-state index in [2.05, 4.69) is 4.98 Å². The number of benzene rings is 1. The third-order valence-corrected chi connectivity index (χ3v) is 2.53. The molecule has 1 aromatic heterocycles. The fourth-order valence-electron chi connectivity index (χ4n) is 1.05. The summed E-state index contributed by atoms with van der Waals surface area (Å²) in [7, 11) is 0. The van der Waals surface area contributed by atoms with Crippen molar-refractivity contribution in [3.8, 4) is 0 Å². The van der Waals surface area contributed by atoms with E-state index >= 15 is 0 Å². The van der Waals surface area contributed by atoms with Crippen LogP contribution in [0.1, 0.15) is 0 Å². The fourth-order valence-corrected chi connectivity index (χ4v) is 1.77. The summed E-state index contributed by atoms with van der Waals surface area (Å²) in [5.74, 6) is -4.30. The normalized spacial score (nSPS) is 10.8. The Labute approximate surface area is 79.6 Å². The molecule has 2 aromatic rings. The molecule has 0 saturated carbocycles. The van der Waals surface area contributed by atoms with Crippen LogP contribution >= 0.6 is 11.3 Å². The quantitative estimate of drug-likeness (QED) is 0.632. The van der Waals surface area contributed by atoms with Crippen molar-refractivity contribution in [3.05, 3.63) is 39.4 Å². The molecule has 0 fully saturated rings. The van der Waals surface area contributed by atoms with Gasteiger partial charge in [-0.1, -0.05) is 0 Å². The zero-order chi connectivity index (χ0) is 10.3. The van der Waals surface area contributed by atoms with Crippen molar-refractivity contribution in [3.63, 3.8) is 0 Å². The second-order valence-electron chi connectivity index (χ2n) is 2.52. The van der Waals surface area contributed by atoms with Crippen molar-refractivity contribution in [1.82, 2.24) is 4.98 Å². The minimum Gasteiger partial charge on any atom is -0.267 e. The first kappa shape index (κ1) is 9.14. The molecule has 0 unspecified atom stereocenters. The Bertz CT molecular complexity index is 566. The van der Waals surface area contributed by atoms with E-state index in [9.17, 15) is 18.0 Å². The molecule has 0 aliphatic heterocycles. The predicted octanol–water partition coefficient (Wildman–Crippen LogP) is 2.07. The van der Waals surface area contributed by atoms with Crippen molar-refractivity contribution in [1.29, 1.82) is 0 Å². The molecular formula is C8H2F3NOS. The molecule has 6 heteroatoms. The first-order chi connectivity index (χ1) is 6.61. The Morgan fingerprint density at radius 1 is 1.21 bits per heavy atom. The van der Waals surface area contributed by atoms with E-state index in [-0.39, 0.29) is 10.1 Å². The van der Waals surface area contributed by atoms with Gasteiger partial charge in [-0.05, 0) is 6.07 Å². The highest BCUT2D eigenvalue weighted by atomic mass is 32.1. The van der Waals surface area contributed by atoms with Crippen LogP contribution in [0.2, 0.25) is 0 Å². The third kappa shape index (κ3) is 1.19. The van der Waals surface area contributed by atoms with E-state index in [1.54, 1.807) is 0 Å². The van der Waals surface area contributed by atoms with Crippen LogP contribution in [0.5, 0.6) is 0 Å². The lowest BCUT2D eigenvalue weighted by atomic mass is 10.2. The van der Waals surface area contributed by atoms with Gasteiger partial charge < -0.3 is 0 Å². The third-order valence-electron chi connectivity index (χ3n) is 1.69. The maximum absolute atomic E-state index is 13.1. The standard InChI is InChI=1S/C8H2F3NOS/c9-4-1-3-7(6(11)5(4)10)14-2-12-8(3)13/h1-2H. The Hall–Kier alpha value is -1.43. The Balaban J connectivity index is 3.06. The SMILES string of the molecule is O=c1ncsc2c(F)c(F)c(F)cc12. The van der Waals surface area contributed by atoms with Crippen LogP contribution in [0.25, 0.3) is 10.1 Å². The first-order valence-corrected chi connectivity index (χ1v) is 4.40. The van der Waals surface area contributed by atoms with E-state index < -0.39 is 23.0 Å². The molecule has 0 aliphatic rings. The van der Waals surface area contributed by atoms with Gasteiger partial charge in [0, 0.05) is 0 Å². The summed E-state index contributed by atoms with van der Waals surface area (Å²) >= 11 is 0.748. The highest BCUT2D eigenvalue weighted by Crippen LogP contribution is 2.22. The zero-order valence-electron chi connectivity index (χ0n) is 6.55. The second-order valence-corrected chi connectivity index (χ2v) is 3.38. The van der Waals surface area contributed by atoms with E-state index in [0.29, 0.717) is 6.07 Å². The molecule has 0 radical (unpaired) electrons. The van der Waals surface area contributed by atoms with Gasteiger partial charge in [-0.15, -0.1) is 11.3 Å². The molecule has 1 heterocycles. The van der Waals surface area contributed by atoms with Gasteiger partial charge in [0.2, 0.25) is 0 Å². The van der Waals surface area contributed by atoms with Crippen LogP contribution in [-0.4, -0.2) is 4.98 Å². The monoisotopic (exact) mass is 217 g/mol. The molecule has 0 spiro atoms. The summed E-state index contributed by atoms with van der Waals surface area (Å²) in [6.07, 6.45) is 0. The minimum absolute atomic E-state index is 0.219. The lowest BCUT2D eigenvalue weighted by Crippen LogP contribution is -2.06. The van der Waals surface area contributed by atoms with Crippen LogP contribution in [0.4, 0.5) is 13.2 Å². The summed E-state index contributed by atoms with van der Waals surface area (Å²) in [6, 6.07) is 0.652. The molecule has 72 valence electrons. The van der Waals surface area contributed by atoms with E-state index in [1.165, 1.54) is 0 Å². The number of hydrogen-bond donors (Lipinski definition) is 0. The van der Waals surface area contributed by atoms with Crippen LogP contribution in [0.3, 0.4) is 0 Å². The van der Waals surface area contributed by atoms with Gasteiger partial charge >= 0.3 is 0 Å². The molecule has 0 amide bonds. The number of aromatic nitrogens is 1. The summed E-state index contributed by atoms with van der Waals surface area (Å²) in [5.41, 5.74) is 0.321. The molecule has 2 nitrogen and oxygen atoms in total. The number of nitrogens with zero attached hydrogens (tertiary/aromatic N) is 1. The van der Waals surface area contributed by atoms with Crippen LogP contribution in [-0.2, 0) is 0 Å². The van der Waals surface area contributed by atoms with E-state index in [1.807, 2.05) is 0 Å². The smallest absolute Gasteiger partial charge is 0.267 e.